The number of halogens is 3. The number of carbonyl (C=O) groups excluding carboxylic acids is 7. The molecular formula is C32H38Cl3NO17. The number of ether oxygens (including phenoxy) is 10. The first kappa shape index (κ1) is 43.6. The van der Waals surface area contributed by atoms with Crippen molar-refractivity contribution in [2.24, 2.45) is 0 Å². The van der Waals surface area contributed by atoms with Gasteiger partial charge in [0.2, 0.25) is 0 Å². The highest BCUT2D eigenvalue weighted by Crippen LogP contribution is 2.36. The third-order valence-electron chi connectivity index (χ3n) is 7.34. The number of hydrogen-bond donors (Lipinski definition) is 1. The summed E-state index contributed by atoms with van der Waals surface area (Å²) in [6, 6.07) is 7.02. The molecular weight excluding hydrogens is 777 g/mol. The van der Waals surface area contributed by atoms with Crippen molar-refractivity contribution < 1.29 is 80.9 Å². The van der Waals surface area contributed by atoms with Crippen LogP contribution >= 0.6 is 34.8 Å². The number of rotatable bonds is 13. The van der Waals surface area contributed by atoms with Gasteiger partial charge in [0.15, 0.2) is 43.1 Å². The molecule has 294 valence electrons. The quantitative estimate of drug-likeness (QED) is 0.169. The van der Waals surface area contributed by atoms with Gasteiger partial charge in [0, 0.05) is 34.6 Å². The molecule has 0 bridgehead atoms. The molecule has 53 heavy (non-hydrogen) atoms. The van der Waals surface area contributed by atoms with Crippen molar-refractivity contribution in [3.05, 3.63) is 35.9 Å². The molecule has 0 unspecified atom stereocenters. The second-order valence-corrected chi connectivity index (χ2v) is 13.8. The fraction of sp³-hybridized carbons (Fsp3) is 0.594. The lowest BCUT2D eigenvalue weighted by molar-refractivity contribution is -0.343. The Balaban J connectivity index is 2.24. The van der Waals surface area contributed by atoms with E-state index in [0.29, 0.717) is 5.56 Å². The molecule has 0 saturated carbocycles. The van der Waals surface area contributed by atoms with Crippen LogP contribution < -0.4 is 5.32 Å². The topological polar surface area (TPSA) is 224 Å². The van der Waals surface area contributed by atoms with Gasteiger partial charge in [-0.1, -0.05) is 65.1 Å². The SMILES string of the molecule is COC(=O)[C@H]1O[C@@H](O[C@@H]2[C@@H](NC(=O)C(Cl)(Cl)Cl)[C@H](OCc3ccccc3)O[C@H](COC(C)=O)[C@@H]2OC(C)=O)[C@H](OC(C)=O)[C@@H](OC(C)=O)[C@@H]1OC(C)=O. The van der Waals surface area contributed by atoms with Crippen molar-refractivity contribution in [1.82, 2.24) is 5.32 Å². The second kappa shape index (κ2) is 19.5. The first-order valence-corrected chi connectivity index (χ1v) is 16.8. The molecule has 0 spiro atoms. The molecule has 2 saturated heterocycles. The number of hydrogen-bond acceptors (Lipinski definition) is 17. The molecule has 21 heteroatoms. The molecule has 1 aromatic rings. The first-order valence-electron chi connectivity index (χ1n) is 15.7. The third-order valence-corrected chi connectivity index (χ3v) is 7.85. The number of alkyl halides is 3. The molecule has 1 aromatic carbocycles. The van der Waals surface area contributed by atoms with Crippen LogP contribution in [0.15, 0.2) is 30.3 Å². The molecule has 10 atom stereocenters. The molecule has 2 heterocycles. The zero-order valence-corrected chi connectivity index (χ0v) is 31.4. The monoisotopic (exact) mass is 813 g/mol. The van der Waals surface area contributed by atoms with Gasteiger partial charge in [-0.2, -0.15) is 0 Å². The minimum absolute atomic E-state index is 0.157. The van der Waals surface area contributed by atoms with Gasteiger partial charge in [0.1, 0.15) is 24.9 Å². The Kier molecular flexibility index (Phi) is 16.1. The summed E-state index contributed by atoms with van der Waals surface area (Å²) in [4.78, 5) is 87.6. The smallest absolute Gasteiger partial charge is 0.339 e. The molecule has 2 aliphatic rings. The maximum atomic E-state index is 13.2. The van der Waals surface area contributed by atoms with Crippen LogP contribution in [0.2, 0.25) is 0 Å². The standard InChI is InChI=1S/C32H38Cl3NO17/c1-14(37)45-13-20-22(47-15(2)38)23(21(36-31(43)32(33,34)35)29(51-20)46-12-19-10-8-7-9-11-19)52-30-27(50-18(5)41)25(49-17(4)40)24(48-16(3)39)26(53-30)28(42)44-6/h7-11,20-27,29-30H,12-13H2,1-6H3,(H,36,43)/t20-,21-,22+,23-,24+,25+,26+,27-,29-,30-/m1/s1. The minimum Gasteiger partial charge on any atom is -0.467 e. The Morgan fingerprint density at radius 1 is 0.698 bits per heavy atom. The van der Waals surface area contributed by atoms with E-state index in [1.54, 1.807) is 30.3 Å². The van der Waals surface area contributed by atoms with E-state index in [9.17, 15) is 33.6 Å². The van der Waals surface area contributed by atoms with Gasteiger partial charge in [0.25, 0.3) is 9.70 Å². The summed E-state index contributed by atoms with van der Waals surface area (Å²) in [5, 5.41) is 2.43. The maximum Gasteiger partial charge on any atom is 0.339 e. The Bertz CT molecular complexity index is 1490. The van der Waals surface area contributed by atoms with E-state index >= 15 is 0 Å². The zero-order chi connectivity index (χ0) is 39.6. The summed E-state index contributed by atoms with van der Waals surface area (Å²) in [6.45, 7) is 4.36. The van der Waals surface area contributed by atoms with Gasteiger partial charge in [-0.25, -0.2) is 4.79 Å². The fourth-order valence-corrected chi connectivity index (χ4v) is 5.52. The Labute approximate surface area is 318 Å². The number of methoxy groups -OCH3 is 1. The van der Waals surface area contributed by atoms with Crippen LogP contribution in [0.1, 0.15) is 40.2 Å². The van der Waals surface area contributed by atoms with E-state index in [2.05, 4.69) is 5.32 Å². The van der Waals surface area contributed by atoms with Gasteiger partial charge < -0.3 is 52.7 Å². The highest BCUT2D eigenvalue weighted by Gasteiger charge is 2.59. The Morgan fingerprint density at radius 2 is 1.25 bits per heavy atom. The summed E-state index contributed by atoms with van der Waals surface area (Å²) in [5.74, 6) is -6.97. The molecule has 1 N–H and O–H groups in total. The van der Waals surface area contributed by atoms with Gasteiger partial charge in [-0.05, 0) is 5.56 Å². The lowest BCUT2D eigenvalue weighted by Crippen LogP contribution is -2.70. The third kappa shape index (κ3) is 12.7. The highest BCUT2D eigenvalue weighted by molar-refractivity contribution is 6.76. The summed E-state index contributed by atoms with van der Waals surface area (Å²) in [7, 11) is 0.983. The first-order chi connectivity index (χ1) is 24.8. The lowest BCUT2D eigenvalue weighted by Gasteiger charge is -2.49. The van der Waals surface area contributed by atoms with Crippen molar-refractivity contribution in [3.8, 4) is 0 Å². The summed E-state index contributed by atoms with van der Waals surface area (Å²) >= 11 is 17.7. The number of nitrogens with one attached hydrogen (secondary N) is 1. The van der Waals surface area contributed by atoms with Crippen LogP contribution in [0.3, 0.4) is 0 Å². The van der Waals surface area contributed by atoms with E-state index < -0.39 is 113 Å². The molecule has 3 rings (SSSR count). The van der Waals surface area contributed by atoms with Crippen molar-refractivity contribution in [1.29, 1.82) is 0 Å². The van der Waals surface area contributed by atoms with Crippen LogP contribution in [-0.2, 0) is 87.5 Å². The van der Waals surface area contributed by atoms with Gasteiger partial charge >= 0.3 is 35.8 Å². The van der Waals surface area contributed by atoms with E-state index in [4.69, 9.17) is 82.2 Å². The number of carbonyl (C=O) groups is 7. The molecule has 18 nitrogen and oxygen atoms in total. The van der Waals surface area contributed by atoms with E-state index in [1.807, 2.05) is 0 Å². The fourth-order valence-electron chi connectivity index (χ4n) is 5.36. The van der Waals surface area contributed by atoms with Gasteiger partial charge in [0.05, 0.1) is 13.7 Å². The summed E-state index contributed by atoms with van der Waals surface area (Å²) in [5.41, 5.74) is 0.630. The Morgan fingerprint density at radius 3 is 1.77 bits per heavy atom. The second-order valence-electron chi connectivity index (χ2n) is 11.5. The van der Waals surface area contributed by atoms with E-state index in [-0.39, 0.29) is 6.61 Å². The lowest BCUT2D eigenvalue weighted by atomic mass is 9.94. The van der Waals surface area contributed by atoms with Crippen LogP contribution in [0.25, 0.3) is 0 Å². The molecule has 0 radical (unpaired) electrons. The van der Waals surface area contributed by atoms with Crippen molar-refractivity contribution in [3.63, 3.8) is 0 Å². The summed E-state index contributed by atoms with van der Waals surface area (Å²) in [6.07, 6.45) is -15.6. The number of esters is 6. The molecule has 2 aliphatic heterocycles. The van der Waals surface area contributed by atoms with Crippen LogP contribution in [0.5, 0.6) is 0 Å². The minimum atomic E-state index is -2.59. The van der Waals surface area contributed by atoms with Crippen molar-refractivity contribution >= 4 is 76.5 Å². The van der Waals surface area contributed by atoms with E-state index in [0.717, 1.165) is 41.7 Å². The van der Waals surface area contributed by atoms with E-state index in [1.165, 1.54) is 0 Å². The van der Waals surface area contributed by atoms with Crippen molar-refractivity contribution in [2.45, 2.75) is 106 Å². The van der Waals surface area contributed by atoms with Crippen LogP contribution in [0.4, 0.5) is 0 Å². The maximum absolute atomic E-state index is 13.2. The molecule has 1 amide bonds. The van der Waals surface area contributed by atoms with Gasteiger partial charge in [-0.3, -0.25) is 28.8 Å². The highest BCUT2D eigenvalue weighted by atomic mass is 35.6. The average molecular weight is 815 g/mol. The zero-order valence-electron chi connectivity index (χ0n) is 29.1. The Hall–Kier alpha value is -3.78. The predicted octanol–water partition coefficient (Wildman–Crippen LogP) is 1.36. The van der Waals surface area contributed by atoms with Crippen LogP contribution in [-0.4, -0.2) is 121 Å². The van der Waals surface area contributed by atoms with Crippen LogP contribution in [0, 0.1) is 0 Å². The molecule has 0 aliphatic carbocycles. The average Bonchev–Trinajstić information content (AvgIpc) is 3.06. The molecule has 2 fully saturated rings. The number of benzene rings is 1. The predicted molar refractivity (Wildman–Crippen MR) is 177 cm³/mol. The van der Waals surface area contributed by atoms with Crippen molar-refractivity contribution in [2.75, 3.05) is 13.7 Å². The normalized spacial score (nSPS) is 28.4. The molecule has 0 aromatic heterocycles. The van der Waals surface area contributed by atoms with Gasteiger partial charge in [-0.15, -0.1) is 0 Å². The largest absolute Gasteiger partial charge is 0.467 e. The number of amides is 1. The summed E-state index contributed by atoms with van der Waals surface area (Å²) < 4.78 is 53.6.